The Morgan fingerprint density at radius 1 is 1.00 bits per heavy atom. The Balaban J connectivity index is 1.98. The van der Waals surface area contributed by atoms with Crippen LogP contribution in [0.5, 0.6) is 0 Å². The highest BCUT2D eigenvalue weighted by Gasteiger charge is 2.09. The summed E-state index contributed by atoms with van der Waals surface area (Å²) in [5, 5.41) is 5.47. The molecule has 1 aromatic heterocycles. The summed E-state index contributed by atoms with van der Waals surface area (Å²) >= 11 is 0. The number of urea groups is 1. The van der Waals surface area contributed by atoms with Crippen LogP contribution in [0.3, 0.4) is 0 Å². The number of para-hydroxylation sites is 1. The van der Waals surface area contributed by atoms with Crippen LogP contribution >= 0.6 is 0 Å². The van der Waals surface area contributed by atoms with Crippen molar-refractivity contribution in [2.45, 2.75) is 6.92 Å². The van der Waals surface area contributed by atoms with Crippen molar-refractivity contribution in [3.63, 3.8) is 0 Å². The number of anilines is 2. The molecule has 3 N–H and O–H groups in total. The molecule has 4 heteroatoms. The van der Waals surface area contributed by atoms with E-state index >= 15 is 0 Å². The van der Waals surface area contributed by atoms with Gasteiger partial charge in [-0.1, -0.05) is 24.3 Å². The van der Waals surface area contributed by atoms with Gasteiger partial charge in [0.25, 0.3) is 5.82 Å². The van der Waals surface area contributed by atoms with Crippen molar-refractivity contribution >= 4 is 17.5 Å². The van der Waals surface area contributed by atoms with Gasteiger partial charge in [-0.2, -0.15) is 5.32 Å². The van der Waals surface area contributed by atoms with Crippen LogP contribution in [0.25, 0.3) is 0 Å². The molecule has 0 aliphatic rings. The molecule has 1 aromatic carbocycles. The second-order valence-electron chi connectivity index (χ2n) is 3.69. The van der Waals surface area contributed by atoms with Gasteiger partial charge < -0.3 is 0 Å². The third-order valence-electron chi connectivity index (χ3n) is 2.22. The summed E-state index contributed by atoms with van der Waals surface area (Å²) in [6.07, 6.45) is 0. The quantitative estimate of drug-likeness (QED) is 0.815. The van der Waals surface area contributed by atoms with Gasteiger partial charge in [0.05, 0.1) is 5.69 Å². The number of nitrogens with one attached hydrogen (secondary N) is 3. The van der Waals surface area contributed by atoms with Crippen molar-refractivity contribution in [2.24, 2.45) is 0 Å². The molecule has 0 fully saturated rings. The van der Waals surface area contributed by atoms with E-state index in [2.05, 4.69) is 15.6 Å². The zero-order valence-electron chi connectivity index (χ0n) is 9.53. The van der Waals surface area contributed by atoms with Crippen LogP contribution in [0, 0.1) is 6.92 Å². The molecular weight excluding hydrogens is 214 g/mol. The Labute approximate surface area is 99.7 Å². The first-order valence-corrected chi connectivity index (χ1v) is 5.36. The molecule has 0 spiro atoms. The normalized spacial score (nSPS) is 9.71. The molecule has 0 aliphatic heterocycles. The van der Waals surface area contributed by atoms with Crippen LogP contribution in [-0.4, -0.2) is 6.03 Å². The maximum Gasteiger partial charge on any atom is 0.411 e. The van der Waals surface area contributed by atoms with E-state index in [9.17, 15) is 4.79 Å². The first kappa shape index (κ1) is 11.1. The van der Waals surface area contributed by atoms with Crippen LogP contribution in [0.15, 0.2) is 48.5 Å². The number of carbonyl (C=O) groups excluding carboxylic acids is 1. The first-order chi connectivity index (χ1) is 8.24. The fourth-order valence-electron chi connectivity index (χ4n) is 1.46. The van der Waals surface area contributed by atoms with Gasteiger partial charge in [0.2, 0.25) is 0 Å². The zero-order chi connectivity index (χ0) is 12.1. The highest BCUT2D eigenvalue weighted by Crippen LogP contribution is 2.05. The number of aromatic amines is 1. The maximum absolute atomic E-state index is 11.7. The lowest BCUT2D eigenvalue weighted by Gasteiger charge is -2.01. The molecule has 2 rings (SSSR count). The number of aryl methyl sites for hydroxylation is 1. The molecule has 0 bridgehead atoms. The monoisotopic (exact) mass is 228 g/mol. The molecule has 2 amide bonds. The minimum Gasteiger partial charge on any atom is -0.288 e. The van der Waals surface area contributed by atoms with Crippen molar-refractivity contribution in [1.82, 2.24) is 0 Å². The standard InChI is InChI=1S/C13H13N3O/c1-10-6-5-9-12(14-10)16-13(17)15-11-7-3-2-4-8-11/h2-9H,1H3,(H2,14,15,16,17)/p+1. The second kappa shape index (κ2) is 5.12. The van der Waals surface area contributed by atoms with Crippen LogP contribution < -0.4 is 15.6 Å². The molecular formula is C13H14N3O+. The Morgan fingerprint density at radius 2 is 1.76 bits per heavy atom. The number of hydrogen-bond acceptors (Lipinski definition) is 1. The number of benzene rings is 1. The number of carbonyl (C=O) groups is 1. The van der Waals surface area contributed by atoms with Crippen molar-refractivity contribution in [1.29, 1.82) is 0 Å². The Bertz CT molecular complexity index is 511. The SMILES string of the molecule is Cc1cccc(NC(=O)Nc2ccccc2)[nH+]1. The van der Waals surface area contributed by atoms with Crippen molar-refractivity contribution in [3.8, 4) is 0 Å². The molecule has 2 aromatic rings. The van der Waals surface area contributed by atoms with Crippen LogP contribution in [-0.2, 0) is 0 Å². The minimum absolute atomic E-state index is 0.266. The van der Waals surface area contributed by atoms with Gasteiger partial charge in [-0.3, -0.25) is 5.32 Å². The summed E-state index contributed by atoms with van der Waals surface area (Å²) in [6.45, 7) is 1.93. The predicted molar refractivity (Wildman–Crippen MR) is 66.8 cm³/mol. The van der Waals surface area contributed by atoms with Gasteiger partial charge in [-0.05, 0) is 25.1 Å². The molecule has 0 radical (unpaired) electrons. The summed E-state index contributed by atoms with van der Waals surface area (Å²) in [5.74, 6) is 0.665. The fourth-order valence-corrected chi connectivity index (χ4v) is 1.46. The van der Waals surface area contributed by atoms with E-state index in [1.807, 2.05) is 49.4 Å². The summed E-state index contributed by atoms with van der Waals surface area (Å²) in [7, 11) is 0. The van der Waals surface area contributed by atoms with E-state index in [1.165, 1.54) is 0 Å². The molecule has 0 saturated carbocycles. The number of aromatic nitrogens is 1. The fraction of sp³-hybridized carbons (Fsp3) is 0.0769. The van der Waals surface area contributed by atoms with Crippen LogP contribution in [0.2, 0.25) is 0 Å². The number of hydrogen-bond donors (Lipinski definition) is 2. The number of amides is 2. The highest BCUT2D eigenvalue weighted by atomic mass is 16.2. The molecule has 4 nitrogen and oxygen atoms in total. The second-order valence-corrected chi connectivity index (χ2v) is 3.69. The predicted octanol–water partition coefficient (Wildman–Crippen LogP) is 2.45. The lowest BCUT2D eigenvalue weighted by Crippen LogP contribution is -2.25. The van der Waals surface area contributed by atoms with Gasteiger partial charge in [0, 0.05) is 11.8 Å². The minimum atomic E-state index is -0.266. The van der Waals surface area contributed by atoms with Gasteiger partial charge in [-0.25, -0.2) is 9.78 Å². The Hall–Kier alpha value is -2.36. The van der Waals surface area contributed by atoms with Gasteiger partial charge >= 0.3 is 6.03 Å². The zero-order valence-corrected chi connectivity index (χ0v) is 9.53. The number of rotatable bonds is 2. The number of pyridine rings is 1. The van der Waals surface area contributed by atoms with Gasteiger partial charge in [-0.15, -0.1) is 0 Å². The largest absolute Gasteiger partial charge is 0.411 e. The maximum atomic E-state index is 11.7. The average molecular weight is 228 g/mol. The van der Waals surface area contributed by atoms with E-state index < -0.39 is 0 Å². The Kier molecular flexibility index (Phi) is 3.35. The average Bonchev–Trinajstić information content (AvgIpc) is 2.30. The topological polar surface area (TPSA) is 55.3 Å². The van der Waals surface area contributed by atoms with Gasteiger partial charge in [0.1, 0.15) is 0 Å². The van der Waals surface area contributed by atoms with E-state index in [-0.39, 0.29) is 6.03 Å². The van der Waals surface area contributed by atoms with E-state index in [0.717, 1.165) is 11.4 Å². The molecule has 0 saturated heterocycles. The van der Waals surface area contributed by atoms with Crippen LogP contribution in [0.1, 0.15) is 5.69 Å². The van der Waals surface area contributed by atoms with Crippen molar-refractivity contribution < 1.29 is 9.78 Å². The molecule has 1 heterocycles. The third-order valence-corrected chi connectivity index (χ3v) is 2.22. The highest BCUT2D eigenvalue weighted by molar-refractivity contribution is 5.98. The van der Waals surface area contributed by atoms with Gasteiger partial charge in [0.15, 0.2) is 0 Å². The van der Waals surface area contributed by atoms with E-state index in [4.69, 9.17) is 0 Å². The molecule has 0 unspecified atom stereocenters. The smallest absolute Gasteiger partial charge is 0.288 e. The summed E-state index contributed by atoms with van der Waals surface area (Å²) in [5.41, 5.74) is 1.75. The molecule has 86 valence electrons. The first-order valence-electron chi connectivity index (χ1n) is 5.36. The van der Waals surface area contributed by atoms with Crippen molar-refractivity contribution in [3.05, 3.63) is 54.2 Å². The number of H-pyrrole nitrogens is 1. The van der Waals surface area contributed by atoms with Crippen LogP contribution in [0.4, 0.5) is 16.3 Å². The summed E-state index contributed by atoms with van der Waals surface area (Å²) in [6, 6.07) is 14.7. The molecule has 17 heavy (non-hydrogen) atoms. The third kappa shape index (κ3) is 3.31. The van der Waals surface area contributed by atoms with Crippen molar-refractivity contribution in [2.75, 3.05) is 10.6 Å². The summed E-state index contributed by atoms with van der Waals surface area (Å²) < 4.78 is 0. The van der Waals surface area contributed by atoms with E-state index in [0.29, 0.717) is 5.82 Å². The summed E-state index contributed by atoms with van der Waals surface area (Å²) in [4.78, 5) is 14.7. The lowest BCUT2D eigenvalue weighted by atomic mass is 10.3. The molecule has 0 atom stereocenters. The Morgan fingerprint density at radius 3 is 2.47 bits per heavy atom. The lowest BCUT2D eigenvalue weighted by molar-refractivity contribution is -0.370. The van der Waals surface area contributed by atoms with E-state index in [1.54, 1.807) is 6.07 Å². The molecule has 0 aliphatic carbocycles.